The number of methoxy groups -OCH3 is 1. The summed E-state index contributed by atoms with van der Waals surface area (Å²) in [4.78, 5) is 25.2. The first-order chi connectivity index (χ1) is 12.9. The molecule has 2 fully saturated rings. The van der Waals surface area contributed by atoms with Gasteiger partial charge in [-0.2, -0.15) is 0 Å². The van der Waals surface area contributed by atoms with Crippen molar-refractivity contribution in [1.29, 1.82) is 0 Å². The molecule has 1 aliphatic heterocycles. The maximum Gasteiger partial charge on any atom is 0.511 e. The van der Waals surface area contributed by atoms with E-state index in [4.69, 9.17) is 15.6 Å². The summed E-state index contributed by atoms with van der Waals surface area (Å²) in [6, 6.07) is 2.67. The molecule has 0 spiro atoms. The van der Waals surface area contributed by atoms with Crippen LogP contribution < -0.4 is 20.8 Å². The molecule has 2 aliphatic rings. The Kier molecular flexibility index (Phi) is 4.27. The second-order valence-electron chi connectivity index (χ2n) is 6.99. The smallest absolute Gasteiger partial charge is 0.449 e. The molecule has 8 nitrogen and oxygen atoms in total. The lowest BCUT2D eigenvalue weighted by Gasteiger charge is -2.21. The zero-order chi connectivity index (χ0) is 19.3. The minimum Gasteiger partial charge on any atom is -0.449 e. The number of pyridine rings is 1. The van der Waals surface area contributed by atoms with Gasteiger partial charge in [-0.1, -0.05) is 0 Å². The minimum absolute atomic E-state index is 0.0914. The number of aromatic nitrogens is 1. The number of carboxylic acid groups (broad SMARTS) is 1. The number of fused-ring (bicyclic) bond motifs is 1. The third-order valence-corrected chi connectivity index (χ3v) is 5.16. The molecule has 1 aromatic carbocycles. The molecular weight excluding hydrogens is 357 g/mol. The molecular formula is C18H20FN3O5. The lowest BCUT2D eigenvalue weighted by atomic mass is 10.1. The van der Waals surface area contributed by atoms with Crippen molar-refractivity contribution in [2.24, 2.45) is 5.73 Å². The topological polar surface area (TPSA) is 107 Å². The predicted molar refractivity (Wildman–Crippen MR) is 96.1 cm³/mol. The molecule has 2 aromatic rings. The maximum absolute atomic E-state index is 14.8. The Morgan fingerprint density at radius 2 is 2.07 bits per heavy atom. The Balaban J connectivity index is 1.85. The standard InChI is InChI=1S/C18H20FN3O5/c1-26-15-7-21(6-12(15)20)14-5-13-10(4-11(14)19)17(23)16(27-18(24)25)8-22(13)9-2-3-9/h4-5,8-9,12,15H,2-3,6-7,20H2,1H3,(H,24,25)/t12-,15-/m0/s1. The van der Waals surface area contributed by atoms with Gasteiger partial charge in [-0.25, -0.2) is 9.18 Å². The van der Waals surface area contributed by atoms with E-state index in [1.54, 1.807) is 22.6 Å². The number of hydrogen-bond donors (Lipinski definition) is 2. The van der Waals surface area contributed by atoms with Gasteiger partial charge in [0.25, 0.3) is 0 Å². The van der Waals surface area contributed by atoms with Gasteiger partial charge in [-0.05, 0) is 25.0 Å². The summed E-state index contributed by atoms with van der Waals surface area (Å²) in [6.07, 6.45) is 1.42. The molecule has 2 atom stereocenters. The molecule has 1 saturated heterocycles. The normalized spacial score (nSPS) is 22.4. The summed E-state index contributed by atoms with van der Waals surface area (Å²) in [5.74, 6) is -0.893. The van der Waals surface area contributed by atoms with Crippen LogP contribution in [0.2, 0.25) is 0 Å². The lowest BCUT2D eigenvalue weighted by Crippen LogP contribution is -2.34. The Hall–Kier alpha value is -2.65. The number of nitrogens with two attached hydrogens (primary N) is 1. The molecule has 1 aliphatic carbocycles. The quantitative estimate of drug-likeness (QED) is 0.781. The average Bonchev–Trinajstić information content (AvgIpc) is 3.39. The number of nitrogens with zero attached hydrogens (tertiary/aromatic N) is 2. The second-order valence-corrected chi connectivity index (χ2v) is 6.99. The molecule has 27 heavy (non-hydrogen) atoms. The van der Waals surface area contributed by atoms with Gasteiger partial charge in [0.05, 0.1) is 34.9 Å². The average molecular weight is 377 g/mol. The van der Waals surface area contributed by atoms with Crippen molar-refractivity contribution in [2.45, 2.75) is 31.0 Å². The van der Waals surface area contributed by atoms with Crippen molar-refractivity contribution in [1.82, 2.24) is 4.57 Å². The first-order valence-electron chi connectivity index (χ1n) is 8.71. The number of carbonyl (C=O) groups is 1. The maximum atomic E-state index is 14.8. The van der Waals surface area contributed by atoms with Gasteiger partial charge in [0, 0.05) is 26.2 Å². The Morgan fingerprint density at radius 1 is 1.33 bits per heavy atom. The highest BCUT2D eigenvalue weighted by Gasteiger charge is 2.33. The van der Waals surface area contributed by atoms with Crippen LogP contribution in [0.3, 0.4) is 0 Å². The van der Waals surface area contributed by atoms with Crippen LogP contribution in [0, 0.1) is 5.82 Å². The molecule has 0 radical (unpaired) electrons. The summed E-state index contributed by atoms with van der Waals surface area (Å²) >= 11 is 0. The van der Waals surface area contributed by atoms with Crippen LogP contribution in [-0.4, -0.2) is 48.2 Å². The van der Waals surface area contributed by atoms with Gasteiger partial charge in [0.1, 0.15) is 5.82 Å². The molecule has 9 heteroatoms. The first kappa shape index (κ1) is 17.7. The highest BCUT2D eigenvalue weighted by atomic mass is 19.1. The molecule has 0 bridgehead atoms. The van der Waals surface area contributed by atoms with Gasteiger partial charge >= 0.3 is 6.16 Å². The minimum atomic E-state index is -1.58. The molecule has 1 saturated carbocycles. The van der Waals surface area contributed by atoms with E-state index < -0.39 is 17.4 Å². The first-order valence-corrected chi connectivity index (χ1v) is 8.71. The highest BCUT2D eigenvalue weighted by molar-refractivity contribution is 5.85. The SMILES string of the molecule is CO[C@H]1CN(c2cc3c(cc2F)c(=O)c(OC(=O)O)cn3C2CC2)C[C@@H]1N. The third kappa shape index (κ3) is 3.13. The lowest BCUT2D eigenvalue weighted by molar-refractivity contribution is 0.108. The van der Waals surface area contributed by atoms with Gasteiger partial charge in [-0.3, -0.25) is 4.79 Å². The molecule has 144 valence electrons. The summed E-state index contributed by atoms with van der Waals surface area (Å²) in [6.45, 7) is 0.892. The molecule has 1 aromatic heterocycles. The van der Waals surface area contributed by atoms with Crippen LogP contribution in [0.1, 0.15) is 18.9 Å². The Bertz CT molecular complexity index is 972. The predicted octanol–water partition coefficient (Wildman–Crippen LogP) is 1.69. The van der Waals surface area contributed by atoms with E-state index in [2.05, 4.69) is 4.74 Å². The molecule has 3 N–H and O–H groups in total. The van der Waals surface area contributed by atoms with Crippen LogP contribution in [0.5, 0.6) is 5.75 Å². The molecule has 0 amide bonds. The number of benzene rings is 1. The number of hydrogen-bond acceptors (Lipinski definition) is 6. The van der Waals surface area contributed by atoms with Crippen molar-refractivity contribution in [3.8, 4) is 5.75 Å². The van der Waals surface area contributed by atoms with E-state index in [0.29, 0.717) is 24.3 Å². The van der Waals surface area contributed by atoms with E-state index in [-0.39, 0.29) is 29.3 Å². The Labute approximate surface area is 153 Å². The van der Waals surface area contributed by atoms with Crippen molar-refractivity contribution in [3.63, 3.8) is 0 Å². The molecule has 4 rings (SSSR count). The van der Waals surface area contributed by atoms with Crippen LogP contribution in [-0.2, 0) is 4.74 Å². The van der Waals surface area contributed by atoms with Crippen molar-refractivity contribution < 1.29 is 23.8 Å². The van der Waals surface area contributed by atoms with Crippen molar-refractivity contribution in [3.05, 3.63) is 34.4 Å². The fraction of sp³-hybridized carbons (Fsp3) is 0.444. The largest absolute Gasteiger partial charge is 0.511 e. The van der Waals surface area contributed by atoms with E-state index in [1.807, 2.05) is 0 Å². The third-order valence-electron chi connectivity index (χ3n) is 5.16. The summed E-state index contributed by atoms with van der Waals surface area (Å²) in [7, 11) is 1.57. The van der Waals surface area contributed by atoms with E-state index in [1.165, 1.54) is 6.20 Å². The number of halogens is 1. The fourth-order valence-corrected chi connectivity index (χ4v) is 3.64. The highest BCUT2D eigenvalue weighted by Crippen LogP contribution is 2.39. The number of rotatable bonds is 4. The monoisotopic (exact) mass is 377 g/mol. The number of ether oxygens (including phenoxy) is 2. The van der Waals surface area contributed by atoms with Gasteiger partial charge < -0.3 is 29.8 Å². The van der Waals surface area contributed by atoms with Crippen molar-refractivity contribution >= 4 is 22.7 Å². The van der Waals surface area contributed by atoms with Crippen LogP contribution in [0.25, 0.3) is 10.9 Å². The van der Waals surface area contributed by atoms with Gasteiger partial charge in [0.2, 0.25) is 5.43 Å². The van der Waals surface area contributed by atoms with Gasteiger partial charge in [0.15, 0.2) is 5.75 Å². The van der Waals surface area contributed by atoms with Gasteiger partial charge in [-0.15, -0.1) is 0 Å². The van der Waals surface area contributed by atoms with E-state index >= 15 is 0 Å². The second kappa shape index (κ2) is 6.50. The van der Waals surface area contributed by atoms with Crippen LogP contribution >= 0.6 is 0 Å². The fourth-order valence-electron chi connectivity index (χ4n) is 3.64. The zero-order valence-electron chi connectivity index (χ0n) is 14.7. The summed E-state index contributed by atoms with van der Waals surface area (Å²) in [5, 5.41) is 8.94. The molecule has 2 heterocycles. The molecule has 0 unspecified atom stereocenters. The van der Waals surface area contributed by atoms with Crippen LogP contribution in [0.4, 0.5) is 14.9 Å². The summed E-state index contributed by atoms with van der Waals surface area (Å²) < 4.78 is 26.5. The Morgan fingerprint density at radius 3 is 2.67 bits per heavy atom. The van der Waals surface area contributed by atoms with Crippen molar-refractivity contribution in [2.75, 3.05) is 25.1 Å². The van der Waals surface area contributed by atoms with Crippen LogP contribution in [0.15, 0.2) is 23.1 Å². The van der Waals surface area contributed by atoms with E-state index in [9.17, 15) is 14.0 Å². The summed E-state index contributed by atoms with van der Waals surface area (Å²) in [5.41, 5.74) is 6.28. The van der Waals surface area contributed by atoms with E-state index in [0.717, 1.165) is 18.9 Å². The number of anilines is 1. The zero-order valence-corrected chi connectivity index (χ0v) is 14.7.